The summed E-state index contributed by atoms with van der Waals surface area (Å²) in [5, 5.41) is 2.95. The van der Waals surface area contributed by atoms with Crippen molar-refractivity contribution in [3.63, 3.8) is 0 Å². The maximum Gasteiger partial charge on any atom is 0.264 e. The molecule has 0 heterocycles. The molecule has 0 radical (unpaired) electrons. The van der Waals surface area contributed by atoms with Gasteiger partial charge in [0.25, 0.3) is 10.0 Å². The summed E-state index contributed by atoms with van der Waals surface area (Å²) >= 11 is 0. The maximum atomic E-state index is 14.2. The number of nitrogens with zero attached hydrogens (tertiary/aromatic N) is 2. The summed E-state index contributed by atoms with van der Waals surface area (Å²) in [5.74, 6) is 0.155. The van der Waals surface area contributed by atoms with Crippen molar-refractivity contribution in [1.82, 2.24) is 10.2 Å². The smallest absolute Gasteiger partial charge is 0.264 e. The summed E-state index contributed by atoms with van der Waals surface area (Å²) in [6.45, 7) is 11.6. The number of amides is 2. The van der Waals surface area contributed by atoms with Crippen molar-refractivity contribution in [3.05, 3.63) is 89.0 Å². The molecule has 1 atom stereocenters. The third-order valence-corrected chi connectivity index (χ3v) is 9.09. The number of carbonyl (C=O) groups excluding carboxylic acids is 2. The minimum absolute atomic E-state index is 0.0882. The van der Waals surface area contributed by atoms with Crippen molar-refractivity contribution in [1.29, 1.82) is 0 Å². The van der Waals surface area contributed by atoms with Crippen molar-refractivity contribution < 1.29 is 22.7 Å². The van der Waals surface area contributed by atoms with Crippen LogP contribution < -0.4 is 14.4 Å². The molecule has 0 aliphatic heterocycles. The fourth-order valence-corrected chi connectivity index (χ4v) is 6.10. The summed E-state index contributed by atoms with van der Waals surface area (Å²) in [6, 6.07) is 18.4. The van der Waals surface area contributed by atoms with Gasteiger partial charge in [0.1, 0.15) is 18.3 Å². The van der Waals surface area contributed by atoms with Gasteiger partial charge >= 0.3 is 0 Å². The largest absolute Gasteiger partial charge is 0.497 e. The number of hydrogen-bond acceptors (Lipinski definition) is 5. The predicted molar refractivity (Wildman–Crippen MR) is 167 cm³/mol. The van der Waals surface area contributed by atoms with Gasteiger partial charge in [-0.1, -0.05) is 62.7 Å². The first-order chi connectivity index (χ1) is 19.9. The van der Waals surface area contributed by atoms with Crippen LogP contribution in [0.4, 0.5) is 5.69 Å². The van der Waals surface area contributed by atoms with Gasteiger partial charge in [0, 0.05) is 13.1 Å². The van der Waals surface area contributed by atoms with Crippen LogP contribution in [0.1, 0.15) is 49.4 Å². The number of rotatable bonds is 13. The Kier molecular flexibility index (Phi) is 11.2. The number of methoxy groups -OCH3 is 1. The number of hydrogen-bond donors (Lipinski definition) is 1. The molecule has 0 unspecified atom stereocenters. The summed E-state index contributed by atoms with van der Waals surface area (Å²) < 4.78 is 34.7. The fourth-order valence-electron chi connectivity index (χ4n) is 4.63. The molecule has 0 aliphatic carbocycles. The molecule has 8 nitrogen and oxygen atoms in total. The van der Waals surface area contributed by atoms with Gasteiger partial charge in [0.05, 0.1) is 17.7 Å². The molecule has 9 heteroatoms. The van der Waals surface area contributed by atoms with E-state index >= 15 is 0 Å². The minimum atomic E-state index is -4.13. The predicted octanol–water partition coefficient (Wildman–Crippen LogP) is 5.40. The normalized spacial score (nSPS) is 12.1. The molecule has 2 amide bonds. The van der Waals surface area contributed by atoms with Crippen LogP contribution in [-0.4, -0.2) is 51.4 Å². The quantitative estimate of drug-likeness (QED) is 0.287. The van der Waals surface area contributed by atoms with Crippen molar-refractivity contribution in [2.45, 2.75) is 65.4 Å². The molecule has 0 fully saturated rings. The van der Waals surface area contributed by atoms with Gasteiger partial charge in [-0.2, -0.15) is 0 Å². The van der Waals surface area contributed by atoms with Gasteiger partial charge in [0.15, 0.2) is 0 Å². The molecule has 42 heavy (non-hydrogen) atoms. The Morgan fingerprint density at radius 1 is 0.929 bits per heavy atom. The Balaban J connectivity index is 2.08. The van der Waals surface area contributed by atoms with Gasteiger partial charge in [-0.25, -0.2) is 8.42 Å². The van der Waals surface area contributed by atoms with Crippen LogP contribution in [0, 0.1) is 26.7 Å². The molecule has 0 saturated heterocycles. The summed E-state index contributed by atoms with van der Waals surface area (Å²) in [7, 11) is -2.55. The third-order valence-electron chi connectivity index (χ3n) is 7.32. The molecule has 3 aromatic rings. The highest BCUT2D eigenvalue weighted by Crippen LogP contribution is 2.29. The third kappa shape index (κ3) is 7.91. The van der Waals surface area contributed by atoms with Crippen LogP contribution in [0.15, 0.2) is 71.6 Å². The van der Waals surface area contributed by atoms with E-state index in [2.05, 4.69) is 5.32 Å². The maximum absolute atomic E-state index is 14.2. The number of ether oxygens (including phenoxy) is 1. The lowest BCUT2D eigenvalue weighted by Gasteiger charge is -2.34. The molecular weight excluding hydrogens is 550 g/mol. The highest BCUT2D eigenvalue weighted by atomic mass is 32.2. The van der Waals surface area contributed by atoms with E-state index < -0.39 is 28.5 Å². The van der Waals surface area contributed by atoms with Crippen LogP contribution in [0.3, 0.4) is 0 Å². The first-order valence-electron chi connectivity index (χ1n) is 14.2. The Hall–Kier alpha value is -3.85. The second-order valence-electron chi connectivity index (χ2n) is 11.0. The fraction of sp³-hybridized carbons (Fsp3) is 0.394. The van der Waals surface area contributed by atoms with Crippen molar-refractivity contribution in [2.24, 2.45) is 5.92 Å². The number of anilines is 1. The van der Waals surface area contributed by atoms with Crippen LogP contribution >= 0.6 is 0 Å². The standard InChI is InChI=1S/C33H43N3O5S/c1-8-30(33(38)34-20-23(2)3)35(21-27-14-16-28(41-7)17-15-27)32(37)22-36(31-11-9-10-25(5)26(31)6)42(39,40)29-18-12-24(4)13-19-29/h9-19,23,30H,8,20-22H2,1-7H3,(H,34,38)/t30-/m0/s1. The highest BCUT2D eigenvalue weighted by molar-refractivity contribution is 7.92. The average molecular weight is 594 g/mol. The van der Waals surface area contributed by atoms with Crippen molar-refractivity contribution in [2.75, 3.05) is 24.5 Å². The highest BCUT2D eigenvalue weighted by Gasteiger charge is 2.34. The summed E-state index contributed by atoms with van der Waals surface area (Å²) in [4.78, 5) is 29.2. The van der Waals surface area contributed by atoms with E-state index in [0.717, 1.165) is 22.3 Å². The Labute approximate surface area is 250 Å². The number of aryl methyl sites for hydroxylation is 2. The summed E-state index contributed by atoms with van der Waals surface area (Å²) in [5.41, 5.74) is 3.79. The Morgan fingerprint density at radius 2 is 1.57 bits per heavy atom. The molecule has 0 bridgehead atoms. The van der Waals surface area contributed by atoms with Crippen LogP contribution in [-0.2, 0) is 26.2 Å². The van der Waals surface area contributed by atoms with Gasteiger partial charge < -0.3 is 15.0 Å². The molecule has 3 aromatic carbocycles. The lowest BCUT2D eigenvalue weighted by molar-refractivity contribution is -0.140. The zero-order valence-corrected chi connectivity index (χ0v) is 26.5. The monoisotopic (exact) mass is 593 g/mol. The molecule has 0 aliphatic rings. The molecule has 0 saturated carbocycles. The SMILES string of the molecule is CC[C@@H](C(=O)NCC(C)C)N(Cc1ccc(OC)cc1)C(=O)CN(c1cccc(C)c1C)S(=O)(=O)c1ccc(C)cc1. The van der Waals surface area contributed by atoms with Gasteiger partial charge in [-0.15, -0.1) is 0 Å². The Morgan fingerprint density at radius 3 is 2.14 bits per heavy atom. The van der Waals surface area contributed by atoms with E-state index in [9.17, 15) is 18.0 Å². The minimum Gasteiger partial charge on any atom is -0.497 e. The molecule has 3 rings (SSSR count). The first-order valence-corrected chi connectivity index (χ1v) is 15.7. The lowest BCUT2D eigenvalue weighted by Crippen LogP contribution is -2.52. The van der Waals surface area contributed by atoms with Crippen LogP contribution in [0.25, 0.3) is 0 Å². The lowest BCUT2D eigenvalue weighted by atomic mass is 10.1. The topological polar surface area (TPSA) is 96.0 Å². The summed E-state index contributed by atoms with van der Waals surface area (Å²) in [6.07, 6.45) is 0.361. The molecule has 0 aromatic heterocycles. The molecular formula is C33H43N3O5S. The number of carbonyl (C=O) groups is 2. The number of nitrogens with one attached hydrogen (secondary N) is 1. The van der Waals surface area contributed by atoms with Crippen molar-refractivity contribution in [3.8, 4) is 5.75 Å². The van der Waals surface area contributed by atoms with E-state index in [-0.39, 0.29) is 23.3 Å². The Bertz CT molecular complexity index is 1470. The van der Waals surface area contributed by atoms with Crippen LogP contribution in [0.2, 0.25) is 0 Å². The zero-order valence-electron chi connectivity index (χ0n) is 25.7. The molecule has 1 N–H and O–H groups in total. The molecule has 0 spiro atoms. The van der Waals surface area contributed by atoms with E-state index in [1.165, 1.54) is 9.21 Å². The van der Waals surface area contributed by atoms with E-state index in [1.54, 1.807) is 55.6 Å². The second-order valence-corrected chi connectivity index (χ2v) is 12.8. The number of sulfonamides is 1. The van der Waals surface area contributed by atoms with E-state index in [1.807, 2.05) is 59.7 Å². The number of benzene rings is 3. The van der Waals surface area contributed by atoms with Gasteiger partial charge in [-0.3, -0.25) is 13.9 Å². The second kappa shape index (κ2) is 14.4. The zero-order chi connectivity index (χ0) is 31.0. The first kappa shape index (κ1) is 32.7. The van der Waals surface area contributed by atoms with Gasteiger partial charge in [-0.05, 0) is 80.1 Å². The molecule has 226 valence electrons. The van der Waals surface area contributed by atoms with Crippen LogP contribution in [0.5, 0.6) is 5.75 Å². The average Bonchev–Trinajstić information content (AvgIpc) is 2.96. The van der Waals surface area contributed by atoms with E-state index in [0.29, 0.717) is 24.4 Å². The van der Waals surface area contributed by atoms with Gasteiger partial charge in [0.2, 0.25) is 11.8 Å². The van der Waals surface area contributed by atoms with Crippen molar-refractivity contribution >= 4 is 27.5 Å². The van der Waals surface area contributed by atoms with E-state index in [4.69, 9.17) is 4.74 Å².